The predicted molar refractivity (Wildman–Crippen MR) is 58.1 cm³/mol. The van der Waals surface area contributed by atoms with Gasteiger partial charge < -0.3 is 5.11 Å². The summed E-state index contributed by atoms with van der Waals surface area (Å²) in [5, 5.41) is 18.2. The van der Waals surface area contributed by atoms with Crippen molar-refractivity contribution in [2.24, 2.45) is 0 Å². The molecule has 2 rings (SSSR count). The molecule has 0 amide bonds. The van der Waals surface area contributed by atoms with Gasteiger partial charge in [0.2, 0.25) is 5.88 Å². The monoisotopic (exact) mass is 302 g/mol. The standard InChI is InChI=1S/C9H7IN2O2/c10-7-6(4-1-2-4)5(3-11)8(13)12-9(7)14/h4H,1-2H2,(H2,12,13,14). The van der Waals surface area contributed by atoms with Crippen LogP contribution in [-0.4, -0.2) is 10.1 Å². The van der Waals surface area contributed by atoms with Crippen LogP contribution in [0.15, 0.2) is 4.79 Å². The summed E-state index contributed by atoms with van der Waals surface area (Å²) in [7, 11) is 0. The van der Waals surface area contributed by atoms with Crippen molar-refractivity contribution in [2.75, 3.05) is 0 Å². The lowest BCUT2D eigenvalue weighted by Gasteiger charge is -2.05. The van der Waals surface area contributed by atoms with Gasteiger partial charge in [-0.15, -0.1) is 0 Å². The van der Waals surface area contributed by atoms with Gasteiger partial charge in [-0.05, 0) is 46.9 Å². The summed E-state index contributed by atoms with van der Waals surface area (Å²) in [5.41, 5.74) is 0.372. The van der Waals surface area contributed by atoms with Crippen LogP contribution >= 0.6 is 22.6 Å². The minimum atomic E-state index is -0.493. The Labute approximate surface area is 93.7 Å². The maximum atomic E-state index is 11.3. The average molecular weight is 302 g/mol. The number of hydrogen-bond acceptors (Lipinski definition) is 3. The number of nitrogens with zero attached hydrogens (tertiary/aromatic N) is 1. The van der Waals surface area contributed by atoms with Gasteiger partial charge in [0.1, 0.15) is 11.6 Å². The third-order valence-electron chi connectivity index (χ3n) is 2.27. The number of hydrogen-bond donors (Lipinski definition) is 2. The quantitative estimate of drug-likeness (QED) is 0.771. The second-order valence-corrected chi connectivity index (χ2v) is 4.37. The highest BCUT2D eigenvalue weighted by molar-refractivity contribution is 14.1. The Balaban J connectivity index is 2.76. The van der Waals surface area contributed by atoms with Crippen molar-refractivity contribution in [1.29, 1.82) is 5.26 Å². The molecule has 0 atom stereocenters. The first-order chi connectivity index (χ1) is 6.65. The molecule has 0 unspecified atom stereocenters. The van der Waals surface area contributed by atoms with Gasteiger partial charge in [-0.1, -0.05) is 0 Å². The van der Waals surface area contributed by atoms with E-state index in [1.807, 2.05) is 28.7 Å². The van der Waals surface area contributed by atoms with Crippen molar-refractivity contribution in [2.45, 2.75) is 18.8 Å². The summed E-state index contributed by atoms with van der Waals surface area (Å²) in [4.78, 5) is 13.6. The van der Waals surface area contributed by atoms with Crippen molar-refractivity contribution >= 4 is 22.6 Å². The van der Waals surface area contributed by atoms with Crippen molar-refractivity contribution in [3.05, 3.63) is 25.1 Å². The van der Waals surface area contributed by atoms with E-state index in [0.29, 0.717) is 9.13 Å². The molecule has 0 radical (unpaired) electrons. The zero-order valence-electron chi connectivity index (χ0n) is 7.17. The molecule has 0 aromatic carbocycles. The molecule has 1 aliphatic carbocycles. The molecule has 1 heterocycles. The Morgan fingerprint density at radius 2 is 2.21 bits per heavy atom. The largest absolute Gasteiger partial charge is 0.494 e. The fraction of sp³-hybridized carbons (Fsp3) is 0.333. The van der Waals surface area contributed by atoms with Gasteiger partial charge in [-0.2, -0.15) is 5.26 Å². The number of aromatic amines is 1. The zero-order valence-corrected chi connectivity index (χ0v) is 9.33. The molecule has 4 nitrogen and oxygen atoms in total. The summed E-state index contributed by atoms with van der Waals surface area (Å²) in [6, 6.07) is 1.89. The Morgan fingerprint density at radius 1 is 1.57 bits per heavy atom. The fourth-order valence-electron chi connectivity index (χ4n) is 1.45. The van der Waals surface area contributed by atoms with Gasteiger partial charge >= 0.3 is 0 Å². The van der Waals surface area contributed by atoms with Crippen LogP contribution in [0, 0.1) is 14.9 Å². The number of nitrogens with one attached hydrogen (secondary N) is 1. The molecular weight excluding hydrogens is 295 g/mol. The second-order valence-electron chi connectivity index (χ2n) is 3.29. The summed E-state index contributed by atoms with van der Waals surface area (Å²) < 4.78 is 0.598. The summed E-state index contributed by atoms with van der Waals surface area (Å²) in [5.74, 6) is 0.154. The van der Waals surface area contributed by atoms with Crippen LogP contribution in [0.5, 0.6) is 5.88 Å². The fourth-order valence-corrected chi connectivity index (χ4v) is 2.30. The molecule has 1 aliphatic rings. The van der Waals surface area contributed by atoms with Gasteiger partial charge in [-0.3, -0.25) is 9.78 Å². The summed E-state index contributed by atoms with van der Waals surface area (Å²) >= 11 is 1.95. The van der Waals surface area contributed by atoms with Crippen LogP contribution in [0.1, 0.15) is 29.9 Å². The Morgan fingerprint density at radius 3 is 2.71 bits per heavy atom. The van der Waals surface area contributed by atoms with Crippen LogP contribution in [-0.2, 0) is 0 Å². The minimum Gasteiger partial charge on any atom is -0.494 e. The lowest BCUT2D eigenvalue weighted by atomic mass is 10.1. The van der Waals surface area contributed by atoms with Crippen molar-refractivity contribution < 1.29 is 5.11 Å². The smallest absolute Gasteiger partial charge is 0.268 e. The molecular formula is C9H7IN2O2. The van der Waals surface area contributed by atoms with Crippen LogP contribution < -0.4 is 5.56 Å². The second kappa shape index (κ2) is 3.28. The first-order valence-corrected chi connectivity index (χ1v) is 5.27. The van der Waals surface area contributed by atoms with Gasteiger partial charge in [0.15, 0.2) is 0 Å². The number of nitriles is 1. The molecule has 0 saturated heterocycles. The molecule has 1 aromatic heterocycles. The van der Waals surface area contributed by atoms with E-state index in [1.165, 1.54) is 0 Å². The van der Waals surface area contributed by atoms with Gasteiger partial charge in [0.05, 0.1) is 3.57 Å². The van der Waals surface area contributed by atoms with Crippen LogP contribution in [0.2, 0.25) is 0 Å². The number of pyridine rings is 1. The van der Waals surface area contributed by atoms with Gasteiger partial charge in [-0.25, -0.2) is 0 Å². The number of H-pyrrole nitrogens is 1. The first kappa shape index (κ1) is 9.52. The lowest BCUT2D eigenvalue weighted by Crippen LogP contribution is -2.14. The highest BCUT2D eigenvalue weighted by Gasteiger charge is 2.31. The molecule has 1 aromatic rings. The first-order valence-electron chi connectivity index (χ1n) is 4.20. The highest BCUT2D eigenvalue weighted by atomic mass is 127. The number of halogens is 1. The van der Waals surface area contributed by atoms with E-state index in [9.17, 15) is 9.90 Å². The average Bonchev–Trinajstić information content (AvgIpc) is 2.94. The molecule has 2 N–H and O–H groups in total. The molecule has 72 valence electrons. The normalized spacial score (nSPS) is 15.1. The van der Waals surface area contributed by atoms with Crippen molar-refractivity contribution in [3.63, 3.8) is 0 Å². The van der Waals surface area contributed by atoms with Crippen LogP contribution in [0.3, 0.4) is 0 Å². The maximum Gasteiger partial charge on any atom is 0.268 e. The third-order valence-corrected chi connectivity index (χ3v) is 3.36. The van der Waals surface area contributed by atoms with Gasteiger partial charge in [0.25, 0.3) is 5.56 Å². The molecule has 0 aliphatic heterocycles. The summed E-state index contributed by atoms with van der Waals surface area (Å²) in [6.07, 6.45) is 1.99. The molecule has 1 saturated carbocycles. The Kier molecular flexibility index (Phi) is 2.23. The van der Waals surface area contributed by atoms with E-state index in [-0.39, 0.29) is 17.4 Å². The zero-order chi connectivity index (χ0) is 10.3. The Bertz CT molecular complexity index is 483. The molecule has 5 heteroatoms. The van der Waals surface area contributed by atoms with E-state index in [4.69, 9.17) is 5.26 Å². The third kappa shape index (κ3) is 1.39. The van der Waals surface area contributed by atoms with Crippen LogP contribution in [0.25, 0.3) is 0 Å². The topological polar surface area (TPSA) is 76.9 Å². The van der Waals surface area contributed by atoms with E-state index in [1.54, 1.807) is 0 Å². The van der Waals surface area contributed by atoms with E-state index >= 15 is 0 Å². The van der Waals surface area contributed by atoms with Crippen molar-refractivity contribution in [3.8, 4) is 11.9 Å². The maximum absolute atomic E-state index is 11.3. The summed E-state index contributed by atoms with van der Waals surface area (Å²) in [6.45, 7) is 0. The van der Waals surface area contributed by atoms with Crippen molar-refractivity contribution in [1.82, 2.24) is 4.98 Å². The highest BCUT2D eigenvalue weighted by Crippen LogP contribution is 2.44. The molecule has 14 heavy (non-hydrogen) atoms. The number of aromatic hydroxyl groups is 1. The predicted octanol–water partition coefficient (Wildman–Crippen LogP) is 1.43. The van der Waals surface area contributed by atoms with Crippen LogP contribution in [0.4, 0.5) is 0 Å². The number of aromatic nitrogens is 1. The minimum absolute atomic E-state index is 0.128. The Hall–Kier alpha value is -1.03. The number of rotatable bonds is 1. The molecule has 0 spiro atoms. The van der Waals surface area contributed by atoms with E-state index in [2.05, 4.69) is 4.98 Å². The van der Waals surface area contributed by atoms with E-state index < -0.39 is 5.56 Å². The SMILES string of the molecule is N#Cc1c(C2CC2)c(I)c(O)[nH]c1=O. The molecule has 1 fully saturated rings. The lowest BCUT2D eigenvalue weighted by molar-refractivity contribution is 0.446. The van der Waals surface area contributed by atoms with E-state index in [0.717, 1.165) is 12.8 Å². The molecule has 0 bridgehead atoms. The van der Waals surface area contributed by atoms with Gasteiger partial charge in [0, 0.05) is 0 Å².